The van der Waals surface area contributed by atoms with Crippen molar-refractivity contribution < 1.29 is 4.79 Å². The van der Waals surface area contributed by atoms with Gasteiger partial charge in [-0.2, -0.15) is 0 Å². The van der Waals surface area contributed by atoms with E-state index in [9.17, 15) is 4.79 Å². The Bertz CT molecular complexity index is 569. The molecule has 1 aromatic heterocycles. The summed E-state index contributed by atoms with van der Waals surface area (Å²) in [6.45, 7) is 4.24. The average molecular weight is 269 g/mol. The van der Waals surface area contributed by atoms with Gasteiger partial charge in [0.1, 0.15) is 0 Å². The third-order valence-corrected chi connectivity index (χ3v) is 3.00. The van der Waals surface area contributed by atoms with Crippen LogP contribution in [0.2, 0.25) is 0 Å². The van der Waals surface area contributed by atoms with Gasteiger partial charge in [-0.3, -0.25) is 9.78 Å². The highest BCUT2D eigenvalue weighted by atomic mass is 16.1. The summed E-state index contributed by atoms with van der Waals surface area (Å²) < 4.78 is 0. The van der Waals surface area contributed by atoms with E-state index in [0.717, 1.165) is 16.9 Å². The smallest absolute Gasteiger partial charge is 0.238 e. The van der Waals surface area contributed by atoms with Crippen LogP contribution >= 0.6 is 0 Å². The van der Waals surface area contributed by atoms with Gasteiger partial charge in [-0.1, -0.05) is 18.2 Å². The van der Waals surface area contributed by atoms with Gasteiger partial charge < -0.3 is 10.6 Å². The van der Waals surface area contributed by atoms with Crippen molar-refractivity contribution in [1.29, 1.82) is 0 Å². The lowest BCUT2D eigenvalue weighted by Gasteiger charge is -2.13. The molecule has 2 aromatic rings. The van der Waals surface area contributed by atoms with Gasteiger partial charge in [0, 0.05) is 17.9 Å². The van der Waals surface area contributed by atoms with Gasteiger partial charge in [-0.05, 0) is 43.7 Å². The first kappa shape index (κ1) is 14.2. The Morgan fingerprint density at radius 3 is 2.80 bits per heavy atom. The number of pyridine rings is 1. The normalized spacial score (nSPS) is 11.9. The second kappa shape index (κ2) is 6.82. The number of carbonyl (C=O) groups excluding carboxylic acids is 1. The van der Waals surface area contributed by atoms with E-state index < -0.39 is 0 Å². The molecule has 0 saturated carbocycles. The molecule has 0 radical (unpaired) electrons. The molecule has 0 aliphatic carbocycles. The number of nitrogens with one attached hydrogen (secondary N) is 2. The third-order valence-electron chi connectivity index (χ3n) is 3.00. The number of anilines is 1. The Labute approximate surface area is 119 Å². The number of benzene rings is 1. The van der Waals surface area contributed by atoms with Crippen LogP contribution in [-0.2, 0) is 4.79 Å². The summed E-state index contributed by atoms with van der Waals surface area (Å²) in [5.41, 5.74) is 2.87. The van der Waals surface area contributed by atoms with Crippen LogP contribution in [0, 0.1) is 6.92 Å². The molecule has 1 atom stereocenters. The minimum Gasteiger partial charge on any atom is -0.325 e. The van der Waals surface area contributed by atoms with E-state index in [4.69, 9.17) is 0 Å². The molecule has 2 rings (SSSR count). The molecular weight excluding hydrogens is 250 g/mol. The Kier molecular flexibility index (Phi) is 4.85. The lowest BCUT2D eigenvalue weighted by Crippen LogP contribution is -2.30. The maximum absolute atomic E-state index is 11.9. The summed E-state index contributed by atoms with van der Waals surface area (Å²) in [5, 5.41) is 6.03. The number of nitrogens with zero attached hydrogens (tertiary/aromatic N) is 1. The van der Waals surface area contributed by atoms with Crippen LogP contribution in [0.25, 0.3) is 0 Å². The van der Waals surface area contributed by atoms with Crippen LogP contribution in [-0.4, -0.2) is 17.4 Å². The van der Waals surface area contributed by atoms with Crippen molar-refractivity contribution in [2.24, 2.45) is 0 Å². The first-order valence-electron chi connectivity index (χ1n) is 6.66. The van der Waals surface area contributed by atoms with Gasteiger partial charge in [0.05, 0.1) is 12.2 Å². The molecule has 20 heavy (non-hydrogen) atoms. The largest absolute Gasteiger partial charge is 0.325 e. The van der Waals surface area contributed by atoms with Crippen LogP contribution in [0.1, 0.15) is 24.2 Å². The molecule has 0 aliphatic rings. The van der Waals surface area contributed by atoms with Gasteiger partial charge in [0.25, 0.3) is 0 Å². The third kappa shape index (κ3) is 4.17. The SMILES string of the molecule is Cc1cccc(NC(=O)CN[C@@H](C)c2ccccn2)c1. The van der Waals surface area contributed by atoms with Crippen LogP contribution in [0.15, 0.2) is 48.7 Å². The zero-order valence-electron chi connectivity index (χ0n) is 11.8. The number of rotatable bonds is 5. The first-order valence-corrected chi connectivity index (χ1v) is 6.66. The Morgan fingerprint density at radius 1 is 1.25 bits per heavy atom. The van der Waals surface area contributed by atoms with Gasteiger partial charge in [-0.15, -0.1) is 0 Å². The van der Waals surface area contributed by atoms with Crippen molar-refractivity contribution in [2.75, 3.05) is 11.9 Å². The number of carbonyl (C=O) groups is 1. The second-order valence-corrected chi connectivity index (χ2v) is 4.77. The molecule has 0 aliphatic heterocycles. The Morgan fingerprint density at radius 2 is 2.10 bits per heavy atom. The fourth-order valence-electron chi connectivity index (χ4n) is 1.91. The van der Waals surface area contributed by atoms with E-state index in [1.165, 1.54) is 0 Å². The average Bonchev–Trinajstić information content (AvgIpc) is 2.46. The van der Waals surface area contributed by atoms with Crippen molar-refractivity contribution in [3.05, 3.63) is 59.9 Å². The number of amides is 1. The van der Waals surface area contributed by atoms with Crippen LogP contribution < -0.4 is 10.6 Å². The lowest BCUT2D eigenvalue weighted by molar-refractivity contribution is -0.115. The topological polar surface area (TPSA) is 54.0 Å². The van der Waals surface area contributed by atoms with Crippen LogP contribution in [0.5, 0.6) is 0 Å². The molecule has 0 unspecified atom stereocenters. The van der Waals surface area contributed by atoms with Gasteiger partial charge in [0.15, 0.2) is 0 Å². The maximum Gasteiger partial charge on any atom is 0.238 e. The molecule has 0 fully saturated rings. The molecule has 4 nitrogen and oxygen atoms in total. The fraction of sp³-hybridized carbons (Fsp3) is 0.250. The molecule has 0 saturated heterocycles. The highest BCUT2D eigenvalue weighted by Crippen LogP contribution is 2.10. The van der Waals surface area contributed by atoms with E-state index in [1.807, 2.05) is 56.3 Å². The van der Waals surface area contributed by atoms with Crippen molar-refractivity contribution in [1.82, 2.24) is 10.3 Å². The van der Waals surface area contributed by atoms with E-state index >= 15 is 0 Å². The number of aryl methyl sites for hydroxylation is 1. The van der Waals surface area contributed by atoms with Crippen LogP contribution in [0.4, 0.5) is 5.69 Å². The monoisotopic (exact) mass is 269 g/mol. The number of aromatic nitrogens is 1. The van der Waals surface area contributed by atoms with E-state index in [2.05, 4.69) is 15.6 Å². The first-order chi connectivity index (χ1) is 9.65. The fourth-order valence-corrected chi connectivity index (χ4v) is 1.91. The summed E-state index contributed by atoms with van der Waals surface area (Å²) in [4.78, 5) is 16.1. The van der Waals surface area contributed by atoms with Gasteiger partial charge in [0.2, 0.25) is 5.91 Å². The molecule has 104 valence electrons. The van der Waals surface area contributed by atoms with Gasteiger partial charge in [-0.25, -0.2) is 0 Å². The highest BCUT2D eigenvalue weighted by Gasteiger charge is 2.08. The zero-order chi connectivity index (χ0) is 14.4. The predicted octanol–water partition coefficient (Wildman–Crippen LogP) is 2.68. The molecule has 0 bridgehead atoms. The molecule has 2 N–H and O–H groups in total. The van der Waals surface area contributed by atoms with Gasteiger partial charge >= 0.3 is 0 Å². The second-order valence-electron chi connectivity index (χ2n) is 4.77. The van der Waals surface area contributed by atoms with E-state index in [-0.39, 0.29) is 18.5 Å². The summed E-state index contributed by atoms with van der Waals surface area (Å²) >= 11 is 0. The van der Waals surface area contributed by atoms with Crippen molar-refractivity contribution in [3.63, 3.8) is 0 Å². The number of hydrogen-bond acceptors (Lipinski definition) is 3. The van der Waals surface area contributed by atoms with Crippen LogP contribution in [0.3, 0.4) is 0 Å². The molecular formula is C16H19N3O. The van der Waals surface area contributed by atoms with Crippen molar-refractivity contribution in [3.8, 4) is 0 Å². The molecule has 4 heteroatoms. The standard InChI is InChI=1S/C16H19N3O/c1-12-6-5-7-14(10-12)19-16(20)11-18-13(2)15-8-3-4-9-17-15/h3-10,13,18H,11H2,1-2H3,(H,19,20)/t13-/m0/s1. The van der Waals surface area contributed by atoms with Crippen molar-refractivity contribution in [2.45, 2.75) is 19.9 Å². The van der Waals surface area contributed by atoms with E-state index in [1.54, 1.807) is 6.20 Å². The van der Waals surface area contributed by atoms with Crippen molar-refractivity contribution >= 4 is 11.6 Å². The highest BCUT2D eigenvalue weighted by molar-refractivity contribution is 5.92. The minimum atomic E-state index is -0.0571. The predicted molar refractivity (Wildman–Crippen MR) is 80.5 cm³/mol. The number of hydrogen-bond donors (Lipinski definition) is 2. The molecule has 1 aromatic carbocycles. The van der Waals surface area contributed by atoms with E-state index in [0.29, 0.717) is 0 Å². The Balaban J connectivity index is 1.83. The zero-order valence-corrected chi connectivity index (χ0v) is 11.8. The summed E-state index contributed by atoms with van der Waals surface area (Å²) in [6, 6.07) is 13.5. The summed E-state index contributed by atoms with van der Waals surface area (Å²) in [5.74, 6) is -0.0571. The molecule has 1 heterocycles. The Hall–Kier alpha value is -2.20. The summed E-state index contributed by atoms with van der Waals surface area (Å²) in [7, 11) is 0. The quantitative estimate of drug-likeness (QED) is 0.877. The maximum atomic E-state index is 11.9. The minimum absolute atomic E-state index is 0.0412. The molecule has 1 amide bonds. The molecule has 0 spiro atoms. The summed E-state index contributed by atoms with van der Waals surface area (Å²) in [6.07, 6.45) is 1.75. The lowest BCUT2D eigenvalue weighted by atomic mass is 10.2.